The molecule has 3 aromatic rings. The predicted octanol–water partition coefficient (Wildman–Crippen LogP) is 2.29. The van der Waals surface area contributed by atoms with E-state index in [0.29, 0.717) is 30.4 Å². The first-order valence-electron chi connectivity index (χ1n) is 8.21. The number of hydrogen-bond donors (Lipinski definition) is 1. The smallest absolute Gasteiger partial charge is 0.306 e. The molecular formula is C17H16ClFN6O3. The molecule has 3 rings (SSSR count). The first-order valence-corrected chi connectivity index (χ1v) is 8.58. The van der Waals surface area contributed by atoms with Crippen LogP contribution in [0.2, 0.25) is 5.02 Å². The van der Waals surface area contributed by atoms with Crippen molar-refractivity contribution in [3.8, 4) is 17.3 Å². The van der Waals surface area contributed by atoms with Gasteiger partial charge < -0.3 is 14.8 Å². The number of aromatic nitrogens is 5. The van der Waals surface area contributed by atoms with Crippen LogP contribution >= 0.6 is 11.6 Å². The zero-order valence-corrected chi connectivity index (χ0v) is 15.6. The maximum Gasteiger partial charge on any atom is 0.306 e. The predicted molar refractivity (Wildman–Crippen MR) is 96.8 cm³/mol. The number of carbonyl (C=O) groups is 1. The number of pyridine rings is 1. The van der Waals surface area contributed by atoms with Gasteiger partial charge in [-0.25, -0.2) is 9.37 Å². The molecule has 1 aromatic carbocycles. The average molecular weight is 407 g/mol. The standard InChI is InChI=1S/C17H16ClFN6O3/c1-27-16(26)6-7-20-10-15-22-24-25(23-15)12-2-4-13(5-3-12)28-17-14(19)8-11(18)9-21-17/h2-5,8-9,20H,6-7,10H2,1H3. The molecule has 146 valence electrons. The third kappa shape index (κ3) is 5.21. The first-order chi connectivity index (χ1) is 13.5. The highest BCUT2D eigenvalue weighted by Gasteiger charge is 2.09. The Bertz CT molecular complexity index is 950. The average Bonchev–Trinajstić information content (AvgIpc) is 3.16. The molecule has 0 atom stereocenters. The van der Waals surface area contributed by atoms with E-state index in [4.69, 9.17) is 16.3 Å². The Morgan fingerprint density at radius 3 is 2.82 bits per heavy atom. The number of carbonyl (C=O) groups excluding carboxylic acids is 1. The van der Waals surface area contributed by atoms with Gasteiger partial charge in [-0.3, -0.25) is 4.79 Å². The lowest BCUT2D eigenvalue weighted by atomic mass is 10.3. The molecule has 11 heteroatoms. The van der Waals surface area contributed by atoms with Crippen molar-refractivity contribution in [3.63, 3.8) is 0 Å². The monoisotopic (exact) mass is 406 g/mol. The summed E-state index contributed by atoms with van der Waals surface area (Å²) in [6, 6.07) is 7.77. The van der Waals surface area contributed by atoms with E-state index in [0.717, 1.165) is 6.07 Å². The Balaban J connectivity index is 1.58. The minimum Gasteiger partial charge on any atom is -0.469 e. The molecular weight excluding hydrogens is 391 g/mol. The Morgan fingerprint density at radius 1 is 1.32 bits per heavy atom. The van der Waals surface area contributed by atoms with Crippen LogP contribution < -0.4 is 10.1 Å². The number of rotatable bonds is 8. The number of tetrazole rings is 1. The Morgan fingerprint density at radius 2 is 2.11 bits per heavy atom. The summed E-state index contributed by atoms with van der Waals surface area (Å²) in [5, 5.41) is 15.4. The summed E-state index contributed by atoms with van der Waals surface area (Å²) in [5.74, 6) is -0.254. The van der Waals surface area contributed by atoms with Crippen molar-refractivity contribution in [1.29, 1.82) is 0 Å². The van der Waals surface area contributed by atoms with Crippen LogP contribution in [-0.4, -0.2) is 44.8 Å². The van der Waals surface area contributed by atoms with Crippen molar-refractivity contribution in [2.75, 3.05) is 13.7 Å². The maximum atomic E-state index is 13.7. The van der Waals surface area contributed by atoms with Gasteiger partial charge in [0.05, 0.1) is 30.8 Å². The highest BCUT2D eigenvalue weighted by Crippen LogP contribution is 2.24. The number of ether oxygens (including phenoxy) is 2. The van der Waals surface area contributed by atoms with Gasteiger partial charge >= 0.3 is 5.97 Å². The van der Waals surface area contributed by atoms with Gasteiger partial charge in [-0.1, -0.05) is 11.6 Å². The van der Waals surface area contributed by atoms with Crippen LogP contribution in [0.3, 0.4) is 0 Å². The fourth-order valence-corrected chi connectivity index (χ4v) is 2.30. The minimum atomic E-state index is -0.654. The molecule has 1 N–H and O–H groups in total. The maximum absolute atomic E-state index is 13.7. The summed E-state index contributed by atoms with van der Waals surface area (Å²) in [6.07, 6.45) is 1.56. The molecule has 9 nitrogen and oxygen atoms in total. The van der Waals surface area contributed by atoms with E-state index < -0.39 is 5.82 Å². The summed E-state index contributed by atoms with van der Waals surface area (Å²) in [7, 11) is 1.34. The van der Waals surface area contributed by atoms with Crippen LogP contribution in [-0.2, 0) is 16.1 Å². The summed E-state index contributed by atoms with van der Waals surface area (Å²) < 4.78 is 23.7. The molecule has 0 fully saturated rings. The lowest BCUT2D eigenvalue weighted by Crippen LogP contribution is -2.19. The van der Waals surface area contributed by atoms with Crippen molar-refractivity contribution < 1.29 is 18.7 Å². The lowest BCUT2D eigenvalue weighted by molar-refractivity contribution is -0.140. The van der Waals surface area contributed by atoms with Crippen LogP contribution in [0.1, 0.15) is 12.2 Å². The number of methoxy groups -OCH3 is 1. The fourth-order valence-electron chi connectivity index (χ4n) is 2.15. The van der Waals surface area contributed by atoms with Crippen LogP contribution in [0, 0.1) is 5.82 Å². The molecule has 0 unspecified atom stereocenters. The second-order valence-corrected chi connectivity index (χ2v) is 5.97. The molecule has 2 heterocycles. The van der Waals surface area contributed by atoms with Crippen molar-refractivity contribution in [3.05, 3.63) is 53.2 Å². The minimum absolute atomic E-state index is 0.170. The normalized spacial score (nSPS) is 10.7. The van der Waals surface area contributed by atoms with Gasteiger partial charge in [0.2, 0.25) is 0 Å². The third-order valence-corrected chi connectivity index (χ3v) is 3.73. The number of nitrogens with one attached hydrogen (secondary N) is 1. The number of hydrogen-bond acceptors (Lipinski definition) is 8. The number of halogens is 2. The van der Waals surface area contributed by atoms with Crippen molar-refractivity contribution in [2.24, 2.45) is 0 Å². The van der Waals surface area contributed by atoms with Crippen molar-refractivity contribution >= 4 is 17.6 Å². The number of benzene rings is 1. The third-order valence-electron chi connectivity index (χ3n) is 3.53. The van der Waals surface area contributed by atoms with E-state index in [1.54, 1.807) is 24.3 Å². The van der Waals surface area contributed by atoms with Gasteiger partial charge in [0.1, 0.15) is 5.75 Å². The second kappa shape index (κ2) is 9.20. The molecule has 2 aromatic heterocycles. The molecule has 0 aliphatic carbocycles. The quantitative estimate of drug-likeness (QED) is 0.449. The number of nitrogens with zero attached hydrogens (tertiary/aromatic N) is 5. The molecule has 0 saturated carbocycles. The molecule has 0 aliphatic heterocycles. The Hall–Kier alpha value is -3.11. The van der Waals surface area contributed by atoms with E-state index in [1.165, 1.54) is 18.1 Å². The number of esters is 1. The highest BCUT2D eigenvalue weighted by atomic mass is 35.5. The fraction of sp³-hybridized carbons (Fsp3) is 0.235. The van der Waals surface area contributed by atoms with E-state index in [1.807, 2.05) is 0 Å². The Labute approximate surface area is 164 Å². The van der Waals surface area contributed by atoms with E-state index >= 15 is 0 Å². The van der Waals surface area contributed by atoms with E-state index in [2.05, 4.69) is 30.4 Å². The molecule has 0 bridgehead atoms. The molecule has 0 radical (unpaired) electrons. The largest absolute Gasteiger partial charge is 0.469 e. The summed E-state index contributed by atoms with van der Waals surface area (Å²) in [6.45, 7) is 0.808. The van der Waals surface area contributed by atoms with Gasteiger partial charge in [0, 0.05) is 12.7 Å². The zero-order chi connectivity index (χ0) is 19.9. The highest BCUT2D eigenvalue weighted by molar-refractivity contribution is 6.30. The van der Waals surface area contributed by atoms with Crippen LogP contribution in [0.25, 0.3) is 5.69 Å². The second-order valence-electron chi connectivity index (χ2n) is 5.53. The van der Waals surface area contributed by atoms with Gasteiger partial charge in [-0.15, -0.1) is 15.0 Å². The van der Waals surface area contributed by atoms with Gasteiger partial charge in [-0.05, 0) is 35.5 Å². The van der Waals surface area contributed by atoms with Crippen molar-refractivity contribution in [1.82, 2.24) is 30.5 Å². The van der Waals surface area contributed by atoms with Gasteiger partial charge in [0.15, 0.2) is 11.6 Å². The van der Waals surface area contributed by atoms with E-state index in [-0.39, 0.29) is 23.3 Å². The SMILES string of the molecule is COC(=O)CCNCc1nnn(-c2ccc(Oc3ncc(Cl)cc3F)cc2)n1. The molecule has 0 saturated heterocycles. The van der Waals surface area contributed by atoms with E-state index in [9.17, 15) is 9.18 Å². The summed E-state index contributed by atoms with van der Waals surface area (Å²) in [4.78, 5) is 16.2. The van der Waals surface area contributed by atoms with Crippen molar-refractivity contribution in [2.45, 2.75) is 13.0 Å². The Kier molecular flexibility index (Phi) is 6.45. The molecule has 0 spiro atoms. The summed E-state index contributed by atoms with van der Waals surface area (Å²) >= 11 is 5.67. The molecule has 0 amide bonds. The van der Waals surface area contributed by atoms with Crippen LogP contribution in [0.15, 0.2) is 36.5 Å². The van der Waals surface area contributed by atoms with Gasteiger partial charge in [0.25, 0.3) is 5.88 Å². The topological polar surface area (TPSA) is 104 Å². The summed E-state index contributed by atoms with van der Waals surface area (Å²) in [5.41, 5.74) is 0.644. The van der Waals surface area contributed by atoms with Crippen LogP contribution in [0.5, 0.6) is 11.6 Å². The zero-order valence-electron chi connectivity index (χ0n) is 14.8. The lowest BCUT2D eigenvalue weighted by Gasteiger charge is -2.06. The molecule has 28 heavy (non-hydrogen) atoms. The molecule has 0 aliphatic rings. The first kappa shape index (κ1) is 19.6. The van der Waals surface area contributed by atoms with Crippen LogP contribution in [0.4, 0.5) is 4.39 Å². The van der Waals surface area contributed by atoms with Gasteiger partial charge in [-0.2, -0.15) is 0 Å².